The van der Waals surface area contributed by atoms with Crippen LogP contribution in [0.1, 0.15) is 0 Å². The van der Waals surface area contributed by atoms with Crippen molar-refractivity contribution in [1.82, 2.24) is 0 Å². The van der Waals surface area contributed by atoms with Crippen molar-refractivity contribution in [2.45, 2.75) is 27.4 Å². The predicted octanol–water partition coefficient (Wildman–Crippen LogP) is 4.50. The van der Waals surface area contributed by atoms with E-state index in [0.717, 1.165) is 0 Å². The first kappa shape index (κ1) is 15.7. The highest BCUT2D eigenvalue weighted by Crippen LogP contribution is 2.50. The third-order valence-corrected chi connectivity index (χ3v) is 3.04. The molecule has 0 bridgehead atoms. The van der Waals surface area contributed by atoms with Crippen LogP contribution in [0.3, 0.4) is 0 Å². The van der Waals surface area contributed by atoms with Gasteiger partial charge in [-0.15, -0.1) is 11.6 Å². The molecule has 0 fully saturated rings. The van der Waals surface area contributed by atoms with E-state index in [-0.39, 0.29) is 0 Å². The van der Waals surface area contributed by atoms with Crippen molar-refractivity contribution in [3.63, 3.8) is 0 Å². The zero-order valence-corrected chi connectivity index (χ0v) is 9.46. The molecule has 0 aromatic rings. The van der Waals surface area contributed by atoms with Crippen LogP contribution >= 0.6 is 46.4 Å². The van der Waals surface area contributed by atoms with E-state index >= 15 is 0 Å². The minimum absolute atomic E-state index is 3.01. The predicted molar refractivity (Wildman–Crippen MR) is 45.8 cm³/mol. The largest absolute Gasteiger partial charge is 0.429 e. The molecule has 15 heavy (non-hydrogen) atoms. The first-order valence-electron chi connectivity index (χ1n) is 3.09. The summed E-state index contributed by atoms with van der Waals surface area (Å²) in [5.74, 6) is 0. The van der Waals surface area contributed by atoms with E-state index in [4.69, 9.17) is 46.4 Å². The lowest BCUT2D eigenvalue weighted by Gasteiger charge is -2.34. The molecule has 0 aliphatic carbocycles. The maximum Gasteiger partial charge on any atom is 0.429 e. The van der Waals surface area contributed by atoms with Gasteiger partial charge in [-0.1, -0.05) is 34.8 Å². The van der Waals surface area contributed by atoms with E-state index in [1.807, 2.05) is 0 Å². The van der Waals surface area contributed by atoms with Crippen molar-refractivity contribution in [3.8, 4) is 0 Å². The molecule has 0 amide bonds. The molecule has 0 saturated carbocycles. The Hall–Kier alpha value is 0.740. The summed E-state index contributed by atoms with van der Waals surface area (Å²) in [6.45, 7) is 0. The van der Waals surface area contributed by atoms with Crippen LogP contribution in [0.5, 0.6) is 0 Å². The van der Waals surface area contributed by atoms with Gasteiger partial charge in [0.1, 0.15) is 5.38 Å². The normalized spacial score (nSPS) is 20.2. The third-order valence-electron chi connectivity index (χ3n) is 1.41. The van der Waals surface area contributed by atoms with Crippen LogP contribution in [-0.2, 0) is 0 Å². The summed E-state index contributed by atoms with van der Waals surface area (Å²) in [5, 5.41) is -3.06. The van der Waals surface area contributed by atoms with Crippen molar-refractivity contribution in [1.29, 1.82) is 0 Å². The fourth-order valence-electron chi connectivity index (χ4n) is 0.616. The summed E-state index contributed by atoms with van der Waals surface area (Å²) in [5.41, 5.74) is -5.08. The Balaban J connectivity index is 5.33. The maximum atomic E-state index is 13.1. The van der Waals surface area contributed by atoms with E-state index < -0.39 is 27.4 Å². The van der Waals surface area contributed by atoms with Crippen LogP contribution < -0.4 is 0 Å². The van der Waals surface area contributed by atoms with Crippen LogP contribution in [0.25, 0.3) is 0 Å². The summed E-state index contributed by atoms with van der Waals surface area (Å²) in [6.07, 6.45) is -10.4. The van der Waals surface area contributed by atoms with Gasteiger partial charge >= 0.3 is 6.18 Å². The van der Waals surface area contributed by atoms with Gasteiger partial charge in [-0.05, 0) is 0 Å². The summed E-state index contributed by atoms with van der Waals surface area (Å²) >= 11 is 19.3. The second-order valence-corrected chi connectivity index (χ2v) is 5.28. The molecule has 92 valence electrons. The monoisotopic (exact) mass is 316 g/mol. The molecule has 0 aliphatic heterocycles. The van der Waals surface area contributed by atoms with E-state index in [9.17, 15) is 26.3 Å². The first-order valence-corrected chi connectivity index (χ1v) is 4.66. The number of rotatable bonds is 2. The quantitative estimate of drug-likeness (QED) is 0.519. The lowest BCUT2D eigenvalue weighted by Crippen LogP contribution is -2.58. The van der Waals surface area contributed by atoms with Gasteiger partial charge in [0.15, 0.2) is 0 Å². The van der Waals surface area contributed by atoms with Gasteiger partial charge in [-0.2, -0.15) is 13.2 Å². The van der Waals surface area contributed by atoms with Gasteiger partial charge in [0, 0.05) is 0 Å². The van der Waals surface area contributed by atoms with Crippen LogP contribution in [0.15, 0.2) is 0 Å². The molecular weight excluding hydrogens is 316 g/mol. The minimum atomic E-state index is -5.95. The van der Waals surface area contributed by atoms with Crippen LogP contribution in [0.2, 0.25) is 0 Å². The Bertz CT molecular complexity index is 223. The molecule has 0 aliphatic rings. The minimum Gasteiger partial charge on any atom is -0.225 e. The van der Waals surface area contributed by atoms with Gasteiger partial charge < -0.3 is 0 Å². The maximum absolute atomic E-state index is 13.1. The highest BCUT2D eigenvalue weighted by molar-refractivity contribution is 6.70. The number of alkyl halides is 10. The molecule has 10 heteroatoms. The summed E-state index contributed by atoms with van der Waals surface area (Å²) in [6, 6.07) is 0. The fourth-order valence-corrected chi connectivity index (χ4v) is 1.31. The molecule has 0 heterocycles. The second-order valence-electron chi connectivity index (χ2n) is 2.47. The van der Waals surface area contributed by atoms with Crippen molar-refractivity contribution in [2.75, 3.05) is 0 Å². The van der Waals surface area contributed by atoms with Crippen LogP contribution in [0.4, 0.5) is 26.3 Å². The Morgan fingerprint density at radius 2 is 1.20 bits per heavy atom. The van der Waals surface area contributed by atoms with E-state index in [1.165, 1.54) is 0 Å². The van der Waals surface area contributed by atoms with Crippen LogP contribution in [-0.4, -0.2) is 27.4 Å². The summed E-state index contributed by atoms with van der Waals surface area (Å²) in [4.78, 5) is 0. The molecule has 0 nitrogen and oxygen atoms in total. The molecule has 0 spiro atoms. The second kappa shape index (κ2) is 4.55. The lowest BCUT2D eigenvalue weighted by atomic mass is 10.0. The molecule has 0 rings (SSSR count). The third kappa shape index (κ3) is 3.11. The molecule has 2 atom stereocenters. The molecular formula is C5H2Cl4F6. The molecule has 0 aromatic carbocycles. The van der Waals surface area contributed by atoms with Crippen molar-refractivity contribution < 1.29 is 26.3 Å². The Morgan fingerprint density at radius 1 is 0.867 bits per heavy atom. The zero-order valence-electron chi connectivity index (χ0n) is 6.43. The van der Waals surface area contributed by atoms with E-state index in [0.29, 0.717) is 0 Å². The molecule has 0 radical (unpaired) electrons. The lowest BCUT2D eigenvalue weighted by molar-refractivity contribution is -0.267. The smallest absolute Gasteiger partial charge is 0.225 e. The average Bonchev–Trinajstić information content (AvgIpc) is 1.97. The van der Waals surface area contributed by atoms with E-state index in [2.05, 4.69) is 0 Å². The summed E-state index contributed by atoms with van der Waals surface area (Å²) < 4.78 is 70.1. The number of hydrogen-bond acceptors (Lipinski definition) is 0. The van der Waals surface area contributed by atoms with Gasteiger partial charge in [-0.25, -0.2) is 13.2 Å². The highest BCUT2D eigenvalue weighted by atomic mass is 35.6. The van der Waals surface area contributed by atoms with Gasteiger partial charge in [0.2, 0.25) is 3.79 Å². The Labute approximate surface area is 100 Å². The SMILES string of the molecule is FC(F)C(F)(C(Cl)C(Cl)(Cl)Cl)C(F)(F)F. The topological polar surface area (TPSA) is 0 Å². The van der Waals surface area contributed by atoms with Crippen molar-refractivity contribution >= 4 is 46.4 Å². The molecule has 0 N–H and O–H groups in total. The number of halogens is 10. The van der Waals surface area contributed by atoms with Gasteiger partial charge in [-0.3, -0.25) is 0 Å². The van der Waals surface area contributed by atoms with Crippen molar-refractivity contribution in [3.05, 3.63) is 0 Å². The standard InChI is InChI=1S/C5H2Cl4F6/c6-1(4(7,8)9)3(12,2(10)11)5(13,14)15/h1-2H. The molecule has 0 saturated heterocycles. The van der Waals surface area contributed by atoms with Crippen molar-refractivity contribution in [2.24, 2.45) is 0 Å². The Kier molecular flexibility index (Phi) is 4.77. The van der Waals surface area contributed by atoms with Gasteiger partial charge in [0.25, 0.3) is 12.1 Å². The Morgan fingerprint density at radius 3 is 1.27 bits per heavy atom. The first-order chi connectivity index (χ1) is 6.35. The molecule has 2 unspecified atom stereocenters. The summed E-state index contributed by atoms with van der Waals surface area (Å²) in [7, 11) is 0. The fraction of sp³-hybridized carbons (Fsp3) is 1.00. The van der Waals surface area contributed by atoms with E-state index in [1.54, 1.807) is 0 Å². The number of hydrogen-bond donors (Lipinski definition) is 0. The highest BCUT2D eigenvalue weighted by Gasteiger charge is 2.70. The van der Waals surface area contributed by atoms with Gasteiger partial charge in [0.05, 0.1) is 0 Å². The zero-order chi connectivity index (χ0) is 12.7. The molecule has 0 aromatic heterocycles. The average molecular weight is 318 g/mol. The van der Waals surface area contributed by atoms with Crippen LogP contribution in [0, 0.1) is 0 Å².